The number of carbonyl (C=O) groups is 1. The maximum atomic E-state index is 11.7. The summed E-state index contributed by atoms with van der Waals surface area (Å²) >= 11 is 0. The average molecular weight is 292 g/mol. The minimum absolute atomic E-state index is 0.0913. The molecule has 0 aliphatic rings. The van der Waals surface area contributed by atoms with Crippen molar-refractivity contribution in [3.05, 3.63) is 11.7 Å². The van der Waals surface area contributed by atoms with Gasteiger partial charge < -0.3 is 9.63 Å². The van der Waals surface area contributed by atoms with E-state index in [9.17, 15) is 13.2 Å². The first-order valence-electron chi connectivity index (χ1n) is 5.53. The monoisotopic (exact) mass is 292 g/mol. The molecule has 0 spiro atoms. The third-order valence-corrected chi connectivity index (χ3v) is 3.83. The van der Waals surface area contributed by atoms with Gasteiger partial charge in [0.25, 0.3) is 10.2 Å². The van der Waals surface area contributed by atoms with Crippen LogP contribution in [0.2, 0.25) is 0 Å². The maximum absolute atomic E-state index is 11.7. The SMILES string of the molecule is Cc1nc(CCNS(=O)(=O)N(C)CCC(=O)O)no1. The van der Waals surface area contributed by atoms with Crippen LogP contribution in [-0.4, -0.2) is 54.1 Å². The lowest BCUT2D eigenvalue weighted by atomic mass is 10.4. The Kier molecular flexibility index (Phi) is 5.39. The number of carboxylic acids is 1. The van der Waals surface area contributed by atoms with Crippen molar-refractivity contribution in [2.24, 2.45) is 0 Å². The van der Waals surface area contributed by atoms with Crippen LogP contribution >= 0.6 is 0 Å². The van der Waals surface area contributed by atoms with E-state index in [1.807, 2.05) is 0 Å². The lowest BCUT2D eigenvalue weighted by Crippen LogP contribution is -2.40. The van der Waals surface area contributed by atoms with Crippen molar-refractivity contribution < 1.29 is 22.8 Å². The normalized spacial score (nSPS) is 11.9. The first kappa shape index (κ1) is 15.5. The van der Waals surface area contributed by atoms with Crippen molar-refractivity contribution in [2.45, 2.75) is 19.8 Å². The Morgan fingerprint density at radius 2 is 2.21 bits per heavy atom. The van der Waals surface area contributed by atoms with Crippen LogP contribution in [0.15, 0.2) is 4.52 Å². The van der Waals surface area contributed by atoms with Gasteiger partial charge in [-0.2, -0.15) is 17.7 Å². The second-order valence-electron chi connectivity index (χ2n) is 3.84. The van der Waals surface area contributed by atoms with E-state index >= 15 is 0 Å². The second kappa shape index (κ2) is 6.59. The first-order chi connectivity index (χ1) is 8.81. The van der Waals surface area contributed by atoms with Gasteiger partial charge >= 0.3 is 5.97 Å². The number of nitrogens with one attached hydrogen (secondary N) is 1. The minimum Gasteiger partial charge on any atom is -0.481 e. The highest BCUT2D eigenvalue weighted by molar-refractivity contribution is 7.87. The quantitative estimate of drug-likeness (QED) is 0.639. The first-order valence-corrected chi connectivity index (χ1v) is 6.97. The molecule has 108 valence electrons. The Labute approximate surface area is 110 Å². The topological polar surface area (TPSA) is 126 Å². The summed E-state index contributed by atoms with van der Waals surface area (Å²) in [5.41, 5.74) is 0. The molecule has 0 amide bonds. The van der Waals surface area contributed by atoms with E-state index in [1.54, 1.807) is 6.92 Å². The van der Waals surface area contributed by atoms with Gasteiger partial charge in [0.15, 0.2) is 5.82 Å². The van der Waals surface area contributed by atoms with Crippen LogP contribution < -0.4 is 4.72 Å². The van der Waals surface area contributed by atoms with E-state index in [1.165, 1.54) is 7.05 Å². The molecule has 0 saturated carbocycles. The maximum Gasteiger partial charge on any atom is 0.304 e. The number of aryl methyl sites for hydroxylation is 1. The molecule has 9 nitrogen and oxygen atoms in total. The Hall–Kier alpha value is -1.52. The van der Waals surface area contributed by atoms with E-state index in [0.717, 1.165) is 4.31 Å². The zero-order chi connectivity index (χ0) is 14.5. The molecule has 1 aromatic heterocycles. The van der Waals surface area contributed by atoms with Crippen LogP contribution in [0.25, 0.3) is 0 Å². The number of hydrogen-bond acceptors (Lipinski definition) is 6. The summed E-state index contributed by atoms with van der Waals surface area (Å²) in [4.78, 5) is 14.3. The molecule has 0 aliphatic carbocycles. The number of nitrogens with zero attached hydrogens (tertiary/aromatic N) is 3. The number of hydrogen-bond donors (Lipinski definition) is 2. The second-order valence-corrected chi connectivity index (χ2v) is 5.71. The van der Waals surface area contributed by atoms with Crippen molar-refractivity contribution in [1.82, 2.24) is 19.2 Å². The molecule has 1 rings (SSSR count). The van der Waals surface area contributed by atoms with Crippen LogP contribution in [0.4, 0.5) is 0 Å². The van der Waals surface area contributed by atoms with Gasteiger partial charge in [-0.05, 0) is 0 Å². The number of carboxylic acid groups (broad SMARTS) is 1. The van der Waals surface area contributed by atoms with Crippen molar-refractivity contribution >= 4 is 16.2 Å². The zero-order valence-electron chi connectivity index (χ0n) is 10.7. The fourth-order valence-corrected chi connectivity index (χ4v) is 2.13. The highest BCUT2D eigenvalue weighted by atomic mass is 32.2. The molecule has 0 unspecified atom stereocenters. The van der Waals surface area contributed by atoms with E-state index in [4.69, 9.17) is 9.63 Å². The third-order valence-electron chi connectivity index (χ3n) is 2.25. The number of aromatic nitrogens is 2. The predicted molar refractivity (Wildman–Crippen MR) is 64.5 cm³/mol. The molecule has 0 fully saturated rings. The van der Waals surface area contributed by atoms with Gasteiger partial charge in [0.1, 0.15) is 0 Å². The van der Waals surface area contributed by atoms with Crippen molar-refractivity contribution in [2.75, 3.05) is 20.1 Å². The van der Waals surface area contributed by atoms with Crippen molar-refractivity contribution in [3.63, 3.8) is 0 Å². The molecule has 2 N–H and O–H groups in total. The average Bonchev–Trinajstić information content (AvgIpc) is 2.71. The van der Waals surface area contributed by atoms with E-state index in [-0.39, 0.29) is 19.5 Å². The van der Waals surface area contributed by atoms with Gasteiger partial charge in [0, 0.05) is 33.5 Å². The van der Waals surface area contributed by atoms with Crippen molar-refractivity contribution in [3.8, 4) is 0 Å². The predicted octanol–water partition coefficient (Wildman–Crippen LogP) is -0.839. The Bertz CT molecular complexity index is 526. The van der Waals surface area contributed by atoms with E-state index in [2.05, 4.69) is 14.9 Å². The summed E-state index contributed by atoms with van der Waals surface area (Å²) < 4.78 is 31.4. The molecule has 10 heteroatoms. The Balaban J connectivity index is 2.39. The molecular formula is C9H16N4O5S. The fraction of sp³-hybridized carbons (Fsp3) is 0.667. The lowest BCUT2D eigenvalue weighted by molar-refractivity contribution is -0.137. The fourth-order valence-electron chi connectivity index (χ4n) is 1.22. The van der Waals surface area contributed by atoms with E-state index < -0.39 is 16.2 Å². The van der Waals surface area contributed by atoms with Crippen LogP contribution in [-0.2, 0) is 21.4 Å². The van der Waals surface area contributed by atoms with Gasteiger partial charge in [0.05, 0.1) is 6.42 Å². The third kappa shape index (κ3) is 5.32. The molecule has 0 atom stereocenters. The van der Waals surface area contributed by atoms with Gasteiger partial charge in [-0.1, -0.05) is 5.16 Å². The van der Waals surface area contributed by atoms with Gasteiger partial charge in [-0.15, -0.1) is 0 Å². The molecule has 1 aromatic rings. The van der Waals surface area contributed by atoms with Crippen LogP contribution in [0.5, 0.6) is 0 Å². The van der Waals surface area contributed by atoms with Crippen LogP contribution in [0, 0.1) is 6.92 Å². The molecule has 19 heavy (non-hydrogen) atoms. The molecule has 0 saturated heterocycles. The van der Waals surface area contributed by atoms with Gasteiger partial charge in [-0.25, -0.2) is 4.72 Å². The zero-order valence-corrected chi connectivity index (χ0v) is 11.5. The molecule has 0 radical (unpaired) electrons. The highest BCUT2D eigenvalue weighted by Gasteiger charge is 2.17. The summed E-state index contributed by atoms with van der Waals surface area (Å²) in [6.07, 6.45) is 0.0464. The summed E-state index contributed by atoms with van der Waals surface area (Å²) in [6.45, 7) is 1.66. The summed E-state index contributed by atoms with van der Waals surface area (Å²) in [5, 5.41) is 12.1. The standard InChI is InChI=1S/C9H16N4O5S/c1-7-11-8(12-18-7)3-5-10-19(16,17)13(2)6-4-9(14)15/h10H,3-6H2,1-2H3,(H,14,15). The van der Waals surface area contributed by atoms with E-state index in [0.29, 0.717) is 18.1 Å². The van der Waals surface area contributed by atoms with Crippen LogP contribution in [0.3, 0.4) is 0 Å². The molecular weight excluding hydrogens is 276 g/mol. The summed E-state index contributed by atoms with van der Waals surface area (Å²) in [7, 11) is -2.38. The van der Waals surface area contributed by atoms with Crippen molar-refractivity contribution in [1.29, 1.82) is 0 Å². The molecule has 0 aliphatic heterocycles. The summed E-state index contributed by atoms with van der Waals surface area (Å²) in [6, 6.07) is 0. The van der Waals surface area contributed by atoms with Gasteiger partial charge in [0.2, 0.25) is 5.89 Å². The van der Waals surface area contributed by atoms with Crippen LogP contribution in [0.1, 0.15) is 18.1 Å². The minimum atomic E-state index is -3.69. The largest absolute Gasteiger partial charge is 0.481 e. The Morgan fingerprint density at radius 3 is 2.74 bits per heavy atom. The molecule has 0 bridgehead atoms. The van der Waals surface area contributed by atoms with Gasteiger partial charge in [-0.3, -0.25) is 4.79 Å². The number of aliphatic carboxylic acids is 1. The highest BCUT2D eigenvalue weighted by Crippen LogP contribution is 1.98. The Morgan fingerprint density at radius 1 is 1.53 bits per heavy atom. The number of rotatable bonds is 8. The smallest absolute Gasteiger partial charge is 0.304 e. The lowest BCUT2D eigenvalue weighted by Gasteiger charge is -2.16. The summed E-state index contributed by atoms with van der Waals surface area (Å²) in [5.74, 6) is -0.228. The molecule has 0 aromatic carbocycles. The molecule has 1 heterocycles.